The predicted molar refractivity (Wildman–Crippen MR) is 71.9 cm³/mol. The maximum absolute atomic E-state index is 12.1. The van der Waals surface area contributed by atoms with Crippen LogP contribution in [0.25, 0.3) is 0 Å². The Hall–Kier alpha value is -0.820. The molecule has 1 atom stereocenters. The smallest absolute Gasteiger partial charge is 0.253 e. The first-order valence-corrected chi connectivity index (χ1v) is 6.58. The summed E-state index contributed by atoms with van der Waals surface area (Å²) in [5.41, 5.74) is 0.501. The topological polar surface area (TPSA) is 60.8 Å². The van der Waals surface area contributed by atoms with Crippen molar-refractivity contribution in [2.75, 3.05) is 19.7 Å². The lowest BCUT2D eigenvalue weighted by Crippen LogP contribution is -2.29. The Balaban J connectivity index is 2.12. The highest BCUT2D eigenvalue weighted by atomic mass is 127. The number of aliphatic hydroxyl groups is 1. The van der Waals surface area contributed by atoms with Crippen molar-refractivity contribution in [2.45, 2.75) is 6.42 Å². The van der Waals surface area contributed by atoms with Crippen molar-refractivity contribution in [2.24, 2.45) is 5.92 Å². The maximum atomic E-state index is 12.1. The summed E-state index contributed by atoms with van der Waals surface area (Å²) in [4.78, 5) is 13.8. The summed E-state index contributed by atoms with van der Waals surface area (Å²) in [5, 5.41) is 18.6. The second kappa shape index (κ2) is 5.22. The molecule has 1 saturated heterocycles. The average Bonchev–Trinajstić information content (AvgIpc) is 2.80. The van der Waals surface area contributed by atoms with Crippen LogP contribution in [-0.4, -0.2) is 40.7 Å². The van der Waals surface area contributed by atoms with Crippen LogP contribution in [0.5, 0.6) is 5.75 Å². The van der Waals surface area contributed by atoms with Gasteiger partial charge in [-0.3, -0.25) is 4.79 Å². The molecule has 17 heavy (non-hydrogen) atoms. The van der Waals surface area contributed by atoms with Crippen molar-refractivity contribution in [3.05, 3.63) is 27.3 Å². The van der Waals surface area contributed by atoms with Crippen LogP contribution in [0, 0.1) is 9.49 Å². The minimum Gasteiger partial charge on any atom is -0.507 e. The van der Waals surface area contributed by atoms with E-state index >= 15 is 0 Å². The Bertz CT molecular complexity index is 436. The van der Waals surface area contributed by atoms with Crippen LogP contribution >= 0.6 is 22.6 Å². The van der Waals surface area contributed by atoms with E-state index in [0.717, 1.165) is 9.99 Å². The molecule has 2 N–H and O–H groups in total. The molecule has 1 fully saturated rings. The van der Waals surface area contributed by atoms with E-state index in [-0.39, 0.29) is 24.2 Å². The summed E-state index contributed by atoms with van der Waals surface area (Å²) >= 11 is 2.01. The monoisotopic (exact) mass is 347 g/mol. The predicted octanol–water partition coefficient (Wildman–Crippen LogP) is 1.45. The second-order valence-corrected chi connectivity index (χ2v) is 5.42. The van der Waals surface area contributed by atoms with Crippen LogP contribution in [0.1, 0.15) is 16.8 Å². The van der Waals surface area contributed by atoms with Crippen molar-refractivity contribution < 1.29 is 15.0 Å². The van der Waals surface area contributed by atoms with E-state index < -0.39 is 0 Å². The number of amides is 1. The van der Waals surface area contributed by atoms with Gasteiger partial charge in [-0.25, -0.2) is 0 Å². The summed E-state index contributed by atoms with van der Waals surface area (Å²) in [6.45, 7) is 1.40. The van der Waals surface area contributed by atoms with E-state index in [9.17, 15) is 9.90 Å². The summed E-state index contributed by atoms with van der Waals surface area (Å²) in [6.07, 6.45) is 0.846. The van der Waals surface area contributed by atoms with E-state index in [1.54, 1.807) is 17.0 Å². The highest BCUT2D eigenvalue weighted by Crippen LogP contribution is 2.23. The van der Waals surface area contributed by atoms with Gasteiger partial charge in [0.2, 0.25) is 0 Å². The fraction of sp³-hybridized carbons (Fsp3) is 0.417. The van der Waals surface area contributed by atoms with Gasteiger partial charge in [0, 0.05) is 31.2 Å². The number of benzene rings is 1. The Morgan fingerprint density at radius 3 is 2.88 bits per heavy atom. The van der Waals surface area contributed by atoms with E-state index in [4.69, 9.17) is 5.11 Å². The molecule has 1 unspecified atom stereocenters. The van der Waals surface area contributed by atoms with Gasteiger partial charge in [-0.15, -0.1) is 0 Å². The first-order chi connectivity index (χ1) is 8.11. The fourth-order valence-corrected chi connectivity index (χ4v) is 2.33. The number of carbonyl (C=O) groups excluding carboxylic acids is 1. The molecule has 0 aliphatic carbocycles. The lowest BCUT2D eigenvalue weighted by Gasteiger charge is -2.16. The molecular formula is C12H14INO3. The number of halogens is 1. The number of phenolic OH excluding ortho intramolecular Hbond substituents is 1. The van der Waals surface area contributed by atoms with Gasteiger partial charge in [-0.2, -0.15) is 0 Å². The minimum atomic E-state index is -0.0762. The molecule has 5 heteroatoms. The summed E-state index contributed by atoms with van der Waals surface area (Å²) in [6, 6.07) is 4.94. The van der Waals surface area contributed by atoms with E-state index in [2.05, 4.69) is 0 Å². The van der Waals surface area contributed by atoms with Gasteiger partial charge < -0.3 is 15.1 Å². The van der Waals surface area contributed by atoms with Crippen LogP contribution in [0.2, 0.25) is 0 Å². The fourth-order valence-electron chi connectivity index (χ4n) is 1.99. The Morgan fingerprint density at radius 2 is 2.29 bits per heavy atom. The van der Waals surface area contributed by atoms with E-state index in [1.807, 2.05) is 22.6 Å². The molecule has 0 spiro atoms. The van der Waals surface area contributed by atoms with E-state index in [1.165, 1.54) is 6.07 Å². The lowest BCUT2D eigenvalue weighted by atomic mass is 10.1. The molecule has 0 radical (unpaired) electrons. The van der Waals surface area contributed by atoms with Crippen molar-refractivity contribution in [3.63, 3.8) is 0 Å². The normalized spacial score (nSPS) is 19.6. The molecule has 4 nitrogen and oxygen atoms in total. The Kier molecular flexibility index (Phi) is 3.88. The number of hydrogen-bond donors (Lipinski definition) is 2. The van der Waals surface area contributed by atoms with Crippen LogP contribution in [-0.2, 0) is 0 Å². The van der Waals surface area contributed by atoms with E-state index in [0.29, 0.717) is 18.7 Å². The van der Waals surface area contributed by atoms with Crippen LogP contribution in [0.3, 0.4) is 0 Å². The van der Waals surface area contributed by atoms with Gasteiger partial charge >= 0.3 is 0 Å². The molecule has 0 bridgehead atoms. The van der Waals surface area contributed by atoms with Gasteiger partial charge in [0.1, 0.15) is 5.75 Å². The highest BCUT2D eigenvalue weighted by Gasteiger charge is 2.26. The summed E-state index contributed by atoms with van der Waals surface area (Å²) < 4.78 is 0.730. The zero-order valence-electron chi connectivity index (χ0n) is 9.27. The van der Waals surface area contributed by atoms with Crippen molar-refractivity contribution in [1.82, 2.24) is 4.90 Å². The van der Waals surface area contributed by atoms with Gasteiger partial charge in [0.15, 0.2) is 0 Å². The molecular weight excluding hydrogens is 333 g/mol. The van der Waals surface area contributed by atoms with Crippen molar-refractivity contribution in [3.8, 4) is 5.75 Å². The average molecular weight is 347 g/mol. The molecule has 1 amide bonds. The first-order valence-electron chi connectivity index (χ1n) is 5.50. The van der Waals surface area contributed by atoms with Gasteiger partial charge in [0.05, 0.1) is 3.57 Å². The molecule has 92 valence electrons. The first kappa shape index (κ1) is 12.6. The minimum absolute atomic E-state index is 0.0762. The maximum Gasteiger partial charge on any atom is 0.253 e. The molecule has 1 aliphatic heterocycles. The van der Waals surface area contributed by atoms with Crippen LogP contribution in [0.15, 0.2) is 18.2 Å². The molecule has 1 aliphatic rings. The number of aromatic hydroxyl groups is 1. The number of phenols is 1. The summed E-state index contributed by atoms with van der Waals surface area (Å²) in [7, 11) is 0. The Morgan fingerprint density at radius 1 is 1.53 bits per heavy atom. The number of likely N-dealkylation sites (tertiary alicyclic amines) is 1. The molecule has 2 rings (SSSR count). The molecule has 0 aromatic heterocycles. The van der Waals surface area contributed by atoms with Crippen LogP contribution < -0.4 is 0 Å². The third kappa shape index (κ3) is 2.71. The quantitative estimate of drug-likeness (QED) is 0.797. The Labute approximate surface area is 113 Å². The third-order valence-electron chi connectivity index (χ3n) is 3.02. The second-order valence-electron chi connectivity index (χ2n) is 4.25. The largest absolute Gasteiger partial charge is 0.507 e. The SMILES string of the molecule is O=C(c1ccc(I)c(O)c1)N1CCC(CO)C1. The van der Waals surface area contributed by atoms with Crippen LogP contribution in [0.4, 0.5) is 0 Å². The number of nitrogens with zero attached hydrogens (tertiary/aromatic N) is 1. The number of aliphatic hydroxyl groups excluding tert-OH is 1. The number of rotatable bonds is 2. The molecule has 0 saturated carbocycles. The lowest BCUT2D eigenvalue weighted by molar-refractivity contribution is 0.0781. The third-order valence-corrected chi connectivity index (χ3v) is 3.94. The molecule has 1 heterocycles. The number of carbonyl (C=O) groups is 1. The summed E-state index contributed by atoms with van der Waals surface area (Å²) in [5.74, 6) is 0.249. The zero-order valence-corrected chi connectivity index (χ0v) is 11.4. The molecule has 1 aromatic carbocycles. The van der Waals surface area contributed by atoms with Crippen molar-refractivity contribution >= 4 is 28.5 Å². The number of hydrogen-bond acceptors (Lipinski definition) is 3. The van der Waals surface area contributed by atoms with Gasteiger partial charge in [-0.05, 0) is 47.2 Å². The van der Waals surface area contributed by atoms with Gasteiger partial charge in [-0.1, -0.05) is 0 Å². The van der Waals surface area contributed by atoms with Crippen molar-refractivity contribution in [1.29, 1.82) is 0 Å². The standard InChI is InChI=1S/C12H14INO3/c13-10-2-1-9(5-11(10)16)12(17)14-4-3-8(6-14)7-15/h1-2,5,8,15-16H,3-4,6-7H2. The highest BCUT2D eigenvalue weighted by molar-refractivity contribution is 14.1. The van der Waals surface area contributed by atoms with Gasteiger partial charge in [0.25, 0.3) is 5.91 Å². The zero-order chi connectivity index (χ0) is 12.4. The molecule has 1 aromatic rings.